The second kappa shape index (κ2) is 15.7. The Morgan fingerprint density at radius 3 is 1.93 bits per heavy atom. The quantitative estimate of drug-likeness (QED) is 0.0793. The Morgan fingerprint density at radius 2 is 1.30 bits per heavy atom. The molecule has 5 heterocycles. The normalized spacial score (nSPS) is 13.2. The lowest BCUT2D eigenvalue weighted by atomic mass is 9.97. The van der Waals surface area contributed by atoms with E-state index in [0.717, 1.165) is 22.3 Å². The Hall–Kier alpha value is -6.42. The number of nitrogens with two attached hydrogens (primary N) is 1. The molecule has 1 aliphatic heterocycles. The maximum atomic E-state index is 14.5. The fourth-order valence-corrected chi connectivity index (χ4v) is 6.73. The molecule has 16 nitrogen and oxygen atoms in total. The van der Waals surface area contributed by atoms with Crippen LogP contribution < -0.4 is 32.4 Å². The highest BCUT2D eigenvalue weighted by atomic mass is 16.4. The lowest BCUT2D eigenvalue weighted by Crippen LogP contribution is -2.50. The van der Waals surface area contributed by atoms with Crippen LogP contribution in [0.25, 0.3) is 23.8 Å². The van der Waals surface area contributed by atoms with Crippen molar-refractivity contribution in [2.75, 3.05) is 0 Å². The van der Waals surface area contributed by atoms with Gasteiger partial charge >= 0.3 is 23.9 Å². The summed E-state index contributed by atoms with van der Waals surface area (Å²) >= 11 is 0. The zero-order valence-corrected chi connectivity index (χ0v) is 30.1. The van der Waals surface area contributed by atoms with E-state index in [-0.39, 0.29) is 31.3 Å². The van der Waals surface area contributed by atoms with Gasteiger partial charge in [-0.15, -0.1) is 0 Å². The summed E-state index contributed by atoms with van der Waals surface area (Å²) in [7, 11) is 0. The monoisotopic (exact) mass is 742 g/mol. The molecule has 8 bridgehead atoms. The number of aromatic nitrogens is 4. The van der Waals surface area contributed by atoms with Crippen molar-refractivity contribution in [1.29, 1.82) is 0 Å². The predicted octanol–water partition coefficient (Wildman–Crippen LogP) is -0.404. The molecule has 0 unspecified atom stereocenters. The van der Waals surface area contributed by atoms with Crippen molar-refractivity contribution in [1.82, 2.24) is 25.3 Å². The van der Waals surface area contributed by atoms with Crippen molar-refractivity contribution in [3.8, 4) is 0 Å². The number of carbonyl (C=O) groups excluding carboxylic acids is 2. The first-order chi connectivity index (χ1) is 25.4. The molecular formula is C38H42N6O10. The van der Waals surface area contributed by atoms with Gasteiger partial charge in [-0.1, -0.05) is 0 Å². The second-order valence-corrected chi connectivity index (χ2v) is 13.5. The molecule has 1 aliphatic rings. The molecule has 5 rings (SSSR count). The molecule has 0 aromatic carbocycles. The third kappa shape index (κ3) is 8.44. The van der Waals surface area contributed by atoms with Crippen LogP contribution in [0.1, 0.15) is 81.8 Å². The third-order valence-electron chi connectivity index (χ3n) is 9.56. The second-order valence-electron chi connectivity index (χ2n) is 13.5. The van der Waals surface area contributed by atoms with Gasteiger partial charge in [0.05, 0.1) is 35.5 Å². The lowest BCUT2D eigenvalue weighted by molar-refractivity contribution is -0.141. The zero-order valence-electron chi connectivity index (χ0n) is 30.1. The molecule has 4 aromatic heterocycles. The molecule has 4 aromatic rings. The summed E-state index contributed by atoms with van der Waals surface area (Å²) in [6.45, 7) is 7.26. The van der Waals surface area contributed by atoms with E-state index in [1.165, 1.54) is 0 Å². The SMILES string of the molecule is Cc1cc2[nH]c1C=c1[nH]c(c(CCC(=O)O)c1C)=Cc1[nH]c(c(C)c1CCC(=O)O)C=c1cc(C)c([nH]1)=C2C(=O)[C@H](CC(=O)O)NC(=O)[C@@H](N)CC(=O)O. The number of fused-ring (bicyclic) bond motifs is 8. The molecule has 54 heavy (non-hydrogen) atoms. The summed E-state index contributed by atoms with van der Waals surface area (Å²) in [5.41, 5.74) is 12.3. The standard InChI is InChI=1S/C38H42N6O10/c1-16-10-29-35(37(53)30(15-34(51)52)44-38(54)23(39)12-33(49)50)36-17(2)9-20(40-36)11-25-18(3)21(5-7-31(45)46)27(42-25)14-28-22(6-8-32(47)48)19(4)26(43-28)13-24(16)41-29/h9-11,13-14,23,30,40-43H,5-8,12,15,39H2,1-4H3,(H,44,54)(H,45,46)(H,47,48)(H,49,50)(H,51,52)/t23-,30-/m0/s1. The number of hydrogen-bond acceptors (Lipinski definition) is 7. The van der Waals surface area contributed by atoms with Gasteiger partial charge in [-0.05, 0) is 104 Å². The molecule has 284 valence electrons. The maximum Gasteiger partial charge on any atom is 0.305 e. The van der Waals surface area contributed by atoms with Crippen LogP contribution in [0.2, 0.25) is 0 Å². The van der Waals surface area contributed by atoms with Crippen LogP contribution in [0, 0.1) is 27.7 Å². The molecule has 1 amide bonds. The number of aliphatic carboxylic acids is 4. The highest BCUT2D eigenvalue weighted by Crippen LogP contribution is 2.23. The van der Waals surface area contributed by atoms with Crippen LogP contribution in [0.5, 0.6) is 0 Å². The molecule has 0 aliphatic carbocycles. The summed E-state index contributed by atoms with van der Waals surface area (Å²) in [4.78, 5) is 87.3. The van der Waals surface area contributed by atoms with Crippen molar-refractivity contribution in [2.24, 2.45) is 5.73 Å². The number of ketones is 1. The average molecular weight is 743 g/mol. The van der Waals surface area contributed by atoms with Gasteiger partial charge in [0, 0.05) is 46.0 Å². The topological polar surface area (TPSA) is 285 Å². The number of Topliss-reactive ketones (excluding diaryl/α,β-unsaturated/α-hetero) is 1. The molecule has 2 atom stereocenters. The van der Waals surface area contributed by atoms with E-state index in [1.807, 2.05) is 26.0 Å². The number of amides is 1. The highest BCUT2D eigenvalue weighted by Gasteiger charge is 2.31. The van der Waals surface area contributed by atoms with Crippen LogP contribution in [-0.2, 0) is 41.6 Å². The first kappa shape index (κ1) is 38.8. The van der Waals surface area contributed by atoms with Crippen LogP contribution in [0.3, 0.4) is 0 Å². The number of rotatable bonds is 14. The number of aryl methyl sites for hydroxylation is 2. The summed E-state index contributed by atoms with van der Waals surface area (Å²) in [6, 6.07) is 0.314. The summed E-state index contributed by atoms with van der Waals surface area (Å²) < 4.78 is 0. The molecule has 0 radical (unpaired) electrons. The van der Waals surface area contributed by atoms with Gasteiger partial charge in [-0.3, -0.25) is 28.8 Å². The van der Waals surface area contributed by atoms with Crippen LogP contribution in [-0.4, -0.2) is 88.0 Å². The Kier molecular flexibility index (Phi) is 11.3. The maximum absolute atomic E-state index is 14.5. The number of carboxylic acid groups (broad SMARTS) is 4. The Balaban J connectivity index is 1.83. The smallest absolute Gasteiger partial charge is 0.305 e. The fraction of sp³-hybridized carbons (Fsp3) is 0.316. The fourth-order valence-electron chi connectivity index (χ4n) is 6.73. The Morgan fingerprint density at radius 1 is 0.667 bits per heavy atom. The van der Waals surface area contributed by atoms with Crippen LogP contribution in [0.4, 0.5) is 0 Å². The molecule has 16 heteroatoms. The van der Waals surface area contributed by atoms with E-state index in [0.29, 0.717) is 55.3 Å². The number of carbonyl (C=O) groups is 6. The van der Waals surface area contributed by atoms with Crippen molar-refractivity contribution >= 4 is 59.4 Å². The van der Waals surface area contributed by atoms with Gasteiger partial charge in [-0.2, -0.15) is 0 Å². The zero-order chi connectivity index (χ0) is 39.6. The van der Waals surface area contributed by atoms with E-state index in [1.54, 1.807) is 32.1 Å². The number of nitrogens with one attached hydrogen (secondary N) is 5. The van der Waals surface area contributed by atoms with Gasteiger partial charge in [0.25, 0.3) is 0 Å². The van der Waals surface area contributed by atoms with Crippen molar-refractivity contribution in [2.45, 2.75) is 78.3 Å². The van der Waals surface area contributed by atoms with Gasteiger partial charge in [0.2, 0.25) is 5.91 Å². The van der Waals surface area contributed by atoms with E-state index in [4.69, 9.17) is 10.8 Å². The minimum Gasteiger partial charge on any atom is -0.481 e. The minimum absolute atomic E-state index is 0.0192. The van der Waals surface area contributed by atoms with Crippen molar-refractivity contribution in [3.05, 3.63) is 89.7 Å². The number of H-pyrrole nitrogens is 4. The van der Waals surface area contributed by atoms with E-state index < -0.39 is 60.5 Å². The first-order valence-electron chi connectivity index (χ1n) is 17.1. The van der Waals surface area contributed by atoms with Gasteiger partial charge in [0.1, 0.15) is 6.04 Å². The van der Waals surface area contributed by atoms with Crippen molar-refractivity contribution < 1.29 is 49.2 Å². The number of aromatic amines is 4. The molecule has 11 N–H and O–H groups in total. The van der Waals surface area contributed by atoms with Crippen LogP contribution in [0.15, 0.2) is 12.1 Å². The summed E-state index contributed by atoms with van der Waals surface area (Å²) in [5, 5.41) is 42.5. The van der Waals surface area contributed by atoms with E-state index in [9.17, 15) is 44.1 Å². The van der Waals surface area contributed by atoms with Gasteiger partial charge in [-0.25, -0.2) is 0 Å². The molecule has 0 saturated heterocycles. The van der Waals surface area contributed by atoms with Crippen molar-refractivity contribution in [3.63, 3.8) is 0 Å². The lowest BCUT2D eigenvalue weighted by Gasteiger charge is -2.19. The van der Waals surface area contributed by atoms with Gasteiger partial charge in [0.15, 0.2) is 5.78 Å². The van der Waals surface area contributed by atoms with Crippen LogP contribution >= 0.6 is 0 Å². The summed E-state index contributed by atoms with van der Waals surface area (Å²) in [6.07, 6.45) is 4.03. The molecule has 0 saturated carbocycles. The molecule has 0 fully saturated rings. The third-order valence-corrected chi connectivity index (χ3v) is 9.56. The highest BCUT2D eigenvalue weighted by molar-refractivity contribution is 6.23. The largest absolute Gasteiger partial charge is 0.481 e. The first-order valence-corrected chi connectivity index (χ1v) is 17.1. The summed E-state index contributed by atoms with van der Waals surface area (Å²) in [5.74, 6) is -6.48. The Labute approximate surface area is 307 Å². The Bertz CT molecular complexity index is 2460. The minimum atomic E-state index is -1.63. The average Bonchev–Trinajstić information content (AvgIpc) is 3.78. The number of hydrogen-bond donors (Lipinski definition) is 10. The number of carboxylic acids is 4. The van der Waals surface area contributed by atoms with E-state index in [2.05, 4.69) is 25.3 Å². The molecule has 0 spiro atoms. The van der Waals surface area contributed by atoms with Gasteiger partial charge < -0.3 is 51.4 Å². The van der Waals surface area contributed by atoms with E-state index >= 15 is 0 Å². The molecular weight excluding hydrogens is 700 g/mol. The predicted molar refractivity (Wildman–Crippen MR) is 195 cm³/mol.